The maximum Gasteiger partial charge on any atom is 0.245 e. The number of nitrogens with zero attached hydrogens (tertiary/aromatic N) is 1. The van der Waals surface area contributed by atoms with Crippen LogP contribution in [-0.4, -0.2) is 31.7 Å². The summed E-state index contributed by atoms with van der Waals surface area (Å²) in [4.78, 5) is 11.2. The van der Waals surface area contributed by atoms with E-state index < -0.39 is 27.2 Å². The van der Waals surface area contributed by atoms with Crippen LogP contribution in [-0.2, 0) is 14.8 Å². The largest absolute Gasteiger partial charge is 0.398 e. The molecule has 0 bridgehead atoms. The number of hydrogen-bond acceptors (Lipinski definition) is 4. The second-order valence-electron chi connectivity index (χ2n) is 5.20. The van der Waals surface area contributed by atoms with Gasteiger partial charge in [-0.2, -0.15) is 4.31 Å². The van der Waals surface area contributed by atoms with Crippen LogP contribution in [0.5, 0.6) is 0 Å². The normalized spacial score (nSPS) is 23.9. The van der Waals surface area contributed by atoms with Gasteiger partial charge in [0.2, 0.25) is 15.9 Å². The van der Waals surface area contributed by atoms with Crippen LogP contribution in [0.25, 0.3) is 0 Å². The smallest absolute Gasteiger partial charge is 0.245 e. The van der Waals surface area contributed by atoms with Crippen molar-refractivity contribution in [2.75, 3.05) is 18.8 Å². The lowest BCUT2D eigenvalue weighted by molar-refractivity contribution is -0.126. The van der Waals surface area contributed by atoms with Crippen molar-refractivity contribution in [2.24, 2.45) is 11.1 Å². The minimum Gasteiger partial charge on any atom is -0.398 e. The number of carbonyl (C=O) groups is 1. The average Bonchev–Trinajstić information content (AvgIpc) is 2.73. The Morgan fingerprint density at radius 1 is 1.45 bits per heavy atom. The van der Waals surface area contributed by atoms with Crippen molar-refractivity contribution < 1.29 is 17.6 Å². The molecule has 1 aliphatic heterocycles. The molecule has 0 spiro atoms. The fourth-order valence-electron chi connectivity index (χ4n) is 2.22. The molecule has 110 valence electrons. The molecule has 1 aromatic rings. The zero-order valence-corrected chi connectivity index (χ0v) is 11.8. The van der Waals surface area contributed by atoms with Gasteiger partial charge in [-0.1, -0.05) is 0 Å². The number of nitrogen functional groups attached to an aromatic ring is 1. The molecule has 1 fully saturated rings. The molecule has 0 aliphatic carbocycles. The quantitative estimate of drug-likeness (QED) is 0.783. The molecule has 0 saturated carbocycles. The highest BCUT2D eigenvalue weighted by molar-refractivity contribution is 7.89. The Balaban J connectivity index is 2.35. The van der Waals surface area contributed by atoms with E-state index in [0.29, 0.717) is 6.42 Å². The highest BCUT2D eigenvalue weighted by atomic mass is 32.2. The van der Waals surface area contributed by atoms with Crippen molar-refractivity contribution in [3.8, 4) is 0 Å². The molecule has 4 N–H and O–H groups in total. The summed E-state index contributed by atoms with van der Waals surface area (Å²) in [5.74, 6) is -1.15. The Morgan fingerprint density at radius 2 is 2.10 bits per heavy atom. The van der Waals surface area contributed by atoms with E-state index in [-0.39, 0.29) is 23.7 Å². The van der Waals surface area contributed by atoms with Gasteiger partial charge in [0.1, 0.15) is 10.7 Å². The summed E-state index contributed by atoms with van der Waals surface area (Å²) in [6, 6.07) is 3.11. The topological polar surface area (TPSA) is 106 Å². The van der Waals surface area contributed by atoms with Crippen molar-refractivity contribution in [2.45, 2.75) is 18.2 Å². The summed E-state index contributed by atoms with van der Waals surface area (Å²) in [7, 11) is -3.86. The molecule has 1 saturated heterocycles. The van der Waals surface area contributed by atoms with E-state index in [1.807, 2.05) is 0 Å². The van der Waals surface area contributed by atoms with Gasteiger partial charge in [0.05, 0.1) is 11.1 Å². The van der Waals surface area contributed by atoms with Crippen LogP contribution in [0.1, 0.15) is 13.3 Å². The van der Waals surface area contributed by atoms with Crippen molar-refractivity contribution in [1.82, 2.24) is 4.31 Å². The lowest BCUT2D eigenvalue weighted by Gasteiger charge is -2.21. The lowest BCUT2D eigenvalue weighted by atomic mass is 9.89. The van der Waals surface area contributed by atoms with Crippen LogP contribution >= 0.6 is 0 Å². The fraction of sp³-hybridized carbons (Fsp3) is 0.417. The first-order valence-corrected chi connectivity index (χ1v) is 7.46. The minimum absolute atomic E-state index is 0.00147. The molecule has 1 amide bonds. The van der Waals surface area contributed by atoms with E-state index in [2.05, 4.69) is 0 Å². The molecule has 0 radical (unpaired) electrons. The summed E-state index contributed by atoms with van der Waals surface area (Å²) in [5.41, 5.74) is 9.81. The molecule has 1 heterocycles. The second kappa shape index (κ2) is 4.71. The second-order valence-corrected chi connectivity index (χ2v) is 7.10. The number of halogens is 1. The van der Waals surface area contributed by atoms with E-state index in [1.165, 1.54) is 0 Å². The number of benzene rings is 1. The molecular weight excluding hydrogens is 285 g/mol. The van der Waals surface area contributed by atoms with Crippen LogP contribution in [0, 0.1) is 11.2 Å². The number of rotatable bonds is 3. The number of anilines is 1. The van der Waals surface area contributed by atoms with Gasteiger partial charge in [-0.25, -0.2) is 12.8 Å². The molecular formula is C12H16FN3O3S. The van der Waals surface area contributed by atoms with Gasteiger partial charge in [-0.05, 0) is 31.5 Å². The van der Waals surface area contributed by atoms with Crippen LogP contribution in [0.15, 0.2) is 23.1 Å². The van der Waals surface area contributed by atoms with Crippen LogP contribution in [0.4, 0.5) is 10.1 Å². The highest BCUT2D eigenvalue weighted by Crippen LogP contribution is 2.34. The van der Waals surface area contributed by atoms with Gasteiger partial charge in [-0.3, -0.25) is 4.79 Å². The predicted molar refractivity (Wildman–Crippen MR) is 71.5 cm³/mol. The molecule has 8 heteroatoms. The van der Waals surface area contributed by atoms with Gasteiger partial charge < -0.3 is 11.5 Å². The molecule has 1 unspecified atom stereocenters. The summed E-state index contributed by atoms with van der Waals surface area (Å²) in [6.45, 7) is 1.80. The Labute approximate surface area is 116 Å². The zero-order chi connectivity index (χ0) is 15.1. The summed E-state index contributed by atoms with van der Waals surface area (Å²) >= 11 is 0. The SMILES string of the molecule is CC1(C(N)=O)CCN(S(=O)(=O)c2ccc(F)cc2N)C1. The van der Waals surface area contributed by atoms with Crippen LogP contribution in [0.3, 0.4) is 0 Å². The Bertz CT molecular complexity index is 662. The molecule has 1 aliphatic rings. The van der Waals surface area contributed by atoms with E-state index in [1.54, 1.807) is 6.92 Å². The number of sulfonamides is 1. The number of hydrogen-bond donors (Lipinski definition) is 2. The van der Waals surface area contributed by atoms with E-state index >= 15 is 0 Å². The Hall–Kier alpha value is -1.67. The third kappa shape index (κ3) is 2.36. The van der Waals surface area contributed by atoms with Crippen molar-refractivity contribution in [3.05, 3.63) is 24.0 Å². The fourth-order valence-corrected chi connectivity index (χ4v) is 3.88. The molecule has 20 heavy (non-hydrogen) atoms. The van der Waals surface area contributed by atoms with Crippen molar-refractivity contribution >= 4 is 21.6 Å². The number of amides is 1. The van der Waals surface area contributed by atoms with Crippen molar-refractivity contribution in [1.29, 1.82) is 0 Å². The number of primary amides is 1. The first-order valence-electron chi connectivity index (χ1n) is 6.02. The third-order valence-corrected chi connectivity index (χ3v) is 5.54. The van der Waals surface area contributed by atoms with E-state index in [4.69, 9.17) is 11.5 Å². The third-order valence-electron chi connectivity index (χ3n) is 3.62. The van der Waals surface area contributed by atoms with Gasteiger partial charge in [-0.15, -0.1) is 0 Å². The zero-order valence-electron chi connectivity index (χ0n) is 11.0. The van der Waals surface area contributed by atoms with Crippen LogP contribution in [0.2, 0.25) is 0 Å². The average molecular weight is 301 g/mol. The molecule has 2 rings (SSSR count). The standard InChI is InChI=1S/C12H16FN3O3S/c1-12(11(15)17)4-5-16(7-12)20(18,19)10-3-2-8(13)6-9(10)14/h2-3,6H,4-5,7,14H2,1H3,(H2,15,17). The molecule has 0 aromatic heterocycles. The Morgan fingerprint density at radius 3 is 2.60 bits per heavy atom. The summed E-state index contributed by atoms with van der Waals surface area (Å²) in [5, 5.41) is 0. The Kier molecular flexibility index (Phi) is 3.47. The summed E-state index contributed by atoms with van der Waals surface area (Å²) < 4.78 is 39.0. The monoisotopic (exact) mass is 301 g/mol. The van der Waals surface area contributed by atoms with E-state index in [9.17, 15) is 17.6 Å². The molecule has 1 aromatic carbocycles. The van der Waals surface area contributed by atoms with Gasteiger partial charge >= 0.3 is 0 Å². The maximum atomic E-state index is 13.0. The van der Waals surface area contributed by atoms with Crippen LogP contribution < -0.4 is 11.5 Å². The van der Waals surface area contributed by atoms with Gasteiger partial charge in [0.25, 0.3) is 0 Å². The predicted octanol–water partition coefficient (Wildman–Crippen LogP) is 0.294. The first-order chi connectivity index (χ1) is 9.17. The van der Waals surface area contributed by atoms with Gasteiger partial charge in [0, 0.05) is 13.1 Å². The highest BCUT2D eigenvalue weighted by Gasteiger charge is 2.44. The number of carbonyl (C=O) groups excluding carboxylic acids is 1. The minimum atomic E-state index is -3.86. The van der Waals surface area contributed by atoms with Crippen molar-refractivity contribution in [3.63, 3.8) is 0 Å². The lowest BCUT2D eigenvalue weighted by Crippen LogP contribution is -2.38. The van der Waals surface area contributed by atoms with Gasteiger partial charge in [0.15, 0.2) is 0 Å². The first kappa shape index (κ1) is 14.7. The number of nitrogens with two attached hydrogens (primary N) is 2. The van der Waals surface area contributed by atoms with E-state index in [0.717, 1.165) is 22.5 Å². The molecule has 1 atom stereocenters. The summed E-state index contributed by atoms with van der Waals surface area (Å²) in [6.07, 6.45) is 0.350. The molecule has 6 nitrogen and oxygen atoms in total. The maximum absolute atomic E-state index is 13.0.